The molecule has 7 atom stereocenters. The van der Waals surface area contributed by atoms with Gasteiger partial charge in [0.25, 0.3) is 0 Å². The third kappa shape index (κ3) is 4.20. The highest BCUT2D eigenvalue weighted by molar-refractivity contribution is 7.96. The van der Waals surface area contributed by atoms with E-state index in [1.165, 1.54) is 24.6 Å². The Morgan fingerprint density at radius 1 is 1.20 bits per heavy atom. The van der Waals surface area contributed by atoms with Gasteiger partial charge in [-0.05, 0) is 97.6 Å². The van der Waals surface area contributed by atoms with E-state index in [0.29, 0.717) is 19.3 Å². The van der Waals surface area contributed by atoms with Crippen LogP contribution in [0.4, 0.5) is 4.39 Å². The number of aromatic nitrogens is 2. The van der Waals surface area contributed by atoms with Crippen molar-refractivity contribution in [3.63, 3.8) is 0 Å². The largest absolute Gasteiger partial charge is 0.454 e. The second-order valence-electron chi connectivity index (χ2n) is 12.7. The number of halogens is 1. The van der Waals surface area contributed by atoms with Crippen LogP contribution in [0.3, 0.4) is 0 Å². The summed E-state index contributed by atoms with van der Waals surface area (Å²) in [6.45, 7) is 4.79. The summed E-state index contributed by atoms with van der Waals surface area (Å²) >= 11 is 4.20. The van der Waals surface area contributed by atoms with Gasteiger partial charge in [-0.25, -0.2) is 13.9 Å². The smallest absolute Gasteiger partial charge is 0.345 e. The summed E-state index contributed by atoms with van der Waals surface area (Å²) in [6, 6.07) is 6.28. The molecule has 4 aliphatic carbocycles. The van der Waals surface area contributed by atoms with Crippen molar-refractivity contribution in [2.45, 2.75) is 71.0 Å². The number of carbonyl (C=O) groups excluding carboxylic acids is 3. The van der Waals surface area contributed by atoms with Crippen LogP contribution in [0.5, 0.6) is 0 Å². The summed E-state index contributed by atoms with van der Waals surface area (Å²) in [7, 11) is 0. The van der Waals surface area contributed by atoms with E-state index in [0.717, 1.165) is 29.8 Å². The van der Waals surface area contributed by atoms with Crippen LogP contribution in [-0.4, -0.2) is 50.3 Å². The number of hydrogen-bond donors (Lipinski definition) is 2. The van der Waals surface area contributed by atoms with Gasteiger partial charge < -0.3 is 14.6 Å². The number of esters is 2. The third-order valence-corrected chi connectivity index (χ3v) is 11.0. The average Bonchev–Trinajstić information content (AvgIpc) is 3.44. The predicted molar refractivity (Wildman–Crippen MR) is 150 cm³/mol. The highest BCUT2D eigenvalue weighted by Crippen LogP contribution is 2.68. The van der Waals surface area contributed by atoms with E-state index in [9.17, 15) is 23.9 Å². The van der Waals surface area contributed by atoms with E-state index >= 15 is 0 Å². The summed E-state index contributed by atoms with van der Waals surface area (Å²) in [5.41, 5.74) is 1.48. The molecule has 3 saturated carbocycles. The fraction of sp³-hybridized carbons (Fsp3) is 0.548. The normalized spacial score (nSPS) is 35.3. The molecule has 3 fully saturated rings. The van der Waals surface area contributed by atoms with Gasteiger partial charge in [0.2, 0.25) is 5.12 Å². The van der Waals surface area contributed by atoms with Gasteiger partial charge in [0.15, 0.2) is 12.2 Å². The molecule has 218 valence electrons. The Kier molecular flexibility index (Phi) is 6.73. The molecular formula is C31H35FN2O6S. The molecule has 10 heteroatoms. The Balaban J connectivity index is 1.31. The van der Waals surface area contributed by atoms with Crippen LogP contribution in [0.25, 0.3) is 11.8 Å². The molecule has 0 radical (unpaired) electrons. The first kappa shape index (κ1) is 28.2. The Morgan fingerprint density at radius 2 is 1.93 bits per heavy atom. The lowest BCUT2D eigenvalue weighted by molar-refractivity contribution is -0.199. The van der Waals surface area contributed by atoms with Crippen LogP contribution in [0.2, 0.25) is 0 Å². The Bertz CT molecular complexity index is 1450. The molecule has 41 heavy (non-hydrogen) atoms. The van der Waals surface area contributed by atoms with Crippen LogP contribution in [-0.2, 0) is 30.3 Å². The maximum atomic E-state index is 13.5. The average molecular weight is 583 g/mol. The van der Waals surface area contributed by atoms with Crippen molar-refractivity contribution in [2.75, 3.05) is 6.61 Å². The summed E-state index contributed by atoms with van der Waals surface area (Å²) in [5.74, 6) is -1.60. The molecule has 0 spiro atoms. The van der Waals surface area contributed by atoms with Gasteiger partial charge in [-0.1, -0.05) is 19.4 Å². The molecule has 1 N–H and O–H groups in total. The zero-order valence-electron chi connectivity index (χ0n) is 23.4. The van der Waals surface area contributed by atoms with Crippen molar-refractivity contribution >= 4 is 35.8 Å². The van der Waals surface area contributed by atoms with Crippen molar-refractivity contribution in [3.8, 4) is 5.69 Å². The first-order valence-corrected chi connectivity index (χ1v) is 14.6. The van der Waals surface area contributed by atoms with Crippen molar-refractivity contribution < 1.29 is 33.4 Å². The number of nitrogens with zero attached hydrogens (tertiary/aromatic N) is 2. The van der Waals surface area contributed by atoms with Gasteiger partial charge in [-0.3, -0.25) is 9.59 Å². The quantitative estimate of drug-likeness (QED) is 0.396. The van der Waals surface area contributed by atoms with Crippen molar-refractivity contribution in [3.05, 3.63) is 53.1 Å². The minimum absolute atomic E-state index is 0.0373. The monoisotopic (exact) mass is 582 g/mol. The molecule has 0 saturated heterocycles. The molecule has 0 unspecified atom stereocenters. The Morgan fingerprint density at radius 3 is 2.61 bits per heavy atom. The van der Waals surface area contributed by atoms with Crippen LogP contribution < -0.4 is 0 Å². The van der Waals surface area contributed by atoms with Gasteiger partial charge in [0.1, 0.15) is 5.82 Å². The molecule has 1 aromatic carbocycles. The number of benzene rings is 1. The summed E-state index contributed by atoms with van der Waals surface area (Å²) in [4.78, 5) is 37.0. The minimum atomic E-state index is -1.50. The molecule has 0 aliphatic heterocycles. The molecule has 1 heterocycles. The number of thiol groups is 1. The summed E-state index contributed by atoms with van der Waals surface area (Å²) < 4.78 is 26.0. The SMILES string of the molecule is CC(=O)OCC(=O)O[C@]1(C(=O)S)CC[C@H]2[C@@H]3CCC4=Cc5c(cnn5-c5ccc(F)cc5)C[C@]4(C)[C@H]3[C@@H](O)C[C@@]21C. The van der Waals surface area contributed by atoms with Gasteiger partial charge in [-0.2, -0.15) is 5.10 Å². The number of carbonyl (C=O) groups is 3. The first-order chi connectivity index (χ1) is 19.4. The molecule has 6 rings (SSSR count). The van der Waals surface area contributed by atoms with Crippen LogP contribution >= 0.6 is 12.6 Å². The highest BCUT2D eigenvalue weighted by atomic mass is 32.1. The van der Waals surface area contributed by atoms with E-state index in [4.69, 9.17) is 9.47 Å². The molecule has 2 aromatic rings. The van der Waals surface area contributed by atoms with E-state index < -0.39 is 40.8 Å². The summed E-state index contributed by atoms with van der Waals surface area (Å²) in [6.07, 6.45) is 6.97. The zero-order chi connectivity index (χ0) is 29.3. The maximum Gasteiger partial charge on any atom is 0.345 e. The molecular weight excluding hydrogens is 547 g/mol. The lowest BCUT2D eigenvalue weighted by Crippen LogP contribution is -2.62. The zero-order valence-corrected chi connectivity index (χ0v) is 24.3. The fourth-order valence-corrected chi connectivity index (χ4v) is 9.32. The number of hydrogen-bond acceptors (Lipinski definition) is 7. The maximum absolute atomic E-state index is 13.5. The van der Waals surface area contributed by atoms with E-state index in [1.54, 1.807) is 12.1 Å². The van der Waals surface area contributed by atoms with Crippen molar-refractivity contribution in [1.82, 2.24) is 9.78 Å². The van der Waals surface area contributed by atoms with Crippen molar-refractivity contribution in [1.29, 1.82) is 0 Å². The minimum Gasteiger partial charge on any atom is -0.454 e. The molecule has 0 amide bonds. The van der Waals surface area contributed by atoms with Crippen LogP contribution in [0.1, 0.15) is 64.1 Å². The van der Waals surface area contributed by atoms with Gasteiger partial charge >= 0.3 is 11.9 Å². The number of fused-ring (bicyclic) bond motifs is 6. The standard InChI is InChI=1S/C31H35FN2O6S/c1-17(35)39-16-26(37)40-31(28(38)41)11-10-23-22-9-4-19-12-24-18(15-33-34(24)21-7-5-20(32)6-8-21)13-29(19,2)27(22)25(36)14-30(23,31)3/h5-8,12,15,22-23,25,27,36H,4,9-11,13-14,16H2,1-3H3,(H,38,41)/t22-,23-,25-,27+,29-,30-,31-/m0/s1. The van der Waals surface area contributed by atoms with Gasteiger partial charge in [-0.15, -0.1) is 12.6 Å². The van der Waals surface area contributed by atoms with Crippen LogP contribution in [0.15, 0.2) is 36.0 Å². The highest BCUT2D eigenvalue weighted by Gasteiger charge is 2.70. The van der Waals surface area contributed by atoms with Gasteiger partial charge in [0.05, 0.1) is 23.7 Å². The van der Waals surface area contributed by atoms with Crippen LogP contribution in [0, 0.1) is 34.4 Å². The van der Waals surface area contributed by atoms with E-state index in [1.807, 2.05) is 17.8 Å². The number of aliphatic hydroxyl groups is 1. The number of aliphatic hydroxyl groups excluding tert-OH is 1. The Labute approximate surface area is 243 Å². The number of ether oxygens (including phenoxy) is 2. The van der Waals surface area contributed by atoms with Crippen molar-refractivity contribution in [2.24, 2.45) is 28.6 Å². The molecule has 8 nitrogen and oxygen atoms in total. The first-order valence-electron chi connectivity index (χ1n) is 14.2. The van der Waals surface area contributed by atoms with E-state index in [-0.39, 0.29) is 35.4 Å². The number of allylic oxidation sites excluding steroid dienone is 1. The molecule has 0 bridgehead atoms. The lowest BCUT2D eigenvalue weighted by Gasteiger charge is -2.60. The Hall–Kier alpha value is -2.98. The fourth-order valence-electron chi connectivity index (χ4n) is 8.91. The topological polar surface area (TPSA) is 108 Å². The molecule has 1 aromatic heterocycles. The second kappa shape index (κ2) is 9.80. The van der Waals surface area contributed by atoms with Gasteiger partial charge in [0, 0.05) is 12.3 Å². The second-order valence-corrected chi connectivity index (χ2v) is 13.1. The number of rotatable bonds is 5. The molecule has 4 aliphatic rings. The predicted octanol–water partition coefficient (Wildman–Crippen LogP) is 4.47. The summed E-state index contributed by atoms with van der Waals surface area (Å²) in [5, 5.41) is 16.0. The lowest BCUT2D eigenvalue weighted by atomic mass is 9.45. The third-order valence-electron chi connectivity index (χ3n) is 10.6. The van der Waals surface area contributed by atoms with E-state index in [2.05, 4.69) is 30.7 Å².